The molecule has 0 aliphatic carbocycles. The van der Waals surface area contributed by atoms with Crippen molar-refractivity contribution in [2.75, 3.05) is 18.1 Å². The Labute approximate surface area is 124 Å². The Morgan fingerprint density at radius 3 is 2.68 bits per heavy atom. The quantitative estimate of drug-likeness (QED) is 0.925. The number of amides is 1. The summed E-state index contributed by atoms with van der Waals surface area (Å²) in [4.78, 5) is 23.7. The second-order valence-corrected chi connectivity index (χ2v) is 4.88. The Morgan fingerprint density at radius 2 is 2.05 bits per heavy atom. The first-order valence-electron chi connectivity index (χ1n) is 6.58. The molecule has 1 heterocycles. The standard InChI is InChI=1S/C14H14F3NO4/c15-14(16,17)10-3-1-2-4-11(10)18-9(5-6-13(20)21)7-22-8-12(18)19/h1-4,9H,5-8H2,(H,20,21). The molecule has 8 heteroatoms. The molecule has 120 valence electrons. The third-order valence-electron chi connectivity index (χ3n) is 3.33. The Balaban J connectivity index is 2.37. The number of rotatable bonds is 4. The number of benzene rings is 1. The fraction of sp³-hybridized carbons (Fsp3) is 0.429. The fourth-order valence-electron chi connectivity index (χ4n) is 2.39. The number of morpholine rings is 1. The Bertz CT molecular complexity index is 573. The number of ether oxygens (including phenoxy) is 1. The lowest BCUT2D eigenvalue weighted by molar-refractivity contribution is -0.139. The molecule has 2 rings (SSSR count). The van der Waals surface area contributed by atoms with Gasteiger partial charge < -0.3 is 14.7 Å². The summed E-state index contributed by atoms with van der Waals surface area (Å²) in [5, 5.41) is 8.73. The number of nitrogens with zero attached hydrogens (tertiary/aromatic N) is 1. The van der Waals surface area contributed by atoms with Gasteiger partial charge in [0.2, 0.25) is 0 Å². The van der Waals surface area contributed by atoms with Crippen LogP contribution >= 0.6 is 0 Å². The molecule has 1 aliphatic rings. The average Bonchev–Trinajstić information content (AvgIpc) is 2.44. The van der Waals surface area contributed by atoms with Crippen LogP contribution in [0.1, 0.15) is 18.4 Å². The zero-order valence-corrected chi connectivity index (χ0v) is 11.5. The van der Waals surface area contributed by atoms with Crippen LogP contribution in [0.25, 0.3) is 0 Å². The molecule has 22 heavy (non-hydrogen) atoms. The largest absolute Gasteiger partial charge is 0.481 e. The molecule has 0 spiro atoms. The summed E-state index contributed by atoms with van der Waals surface area (Å²) in [5.74, 6) is -1.69. The molecule has 5 nitrogen and oxygen atoms in total. The summed E-state index contributed by atoms with van der Waals surface area (Å²) in [6, 6.07) is 4.01. The molecule has 1 aromatic rings. The van der Waals surface area contributed by atoms with Gasteiger partial charge in [-0.1, -0.05) is 12.1 Å². The van der Waals surface area contributed by atoms with Gasteiger partial charge in [0.15, 0.2) is 0 Å². The van der Waals surface area contributed by atoms with Crippen molar-refractivity contribution in [3.63, 3.8) is 0 Å². The van der Waals surface area contributed by atoms with E-state index in [2.05, 4.69) is 0 Å². The SMILES string of the molecule is O=C(O)CCC1COCC(=O)N1c1ccccc1C(F)(F)F. The number of aliphatic carboxylic acids is 1. The van der Waals surface area contributed by atoms with Crippen LogP contribution in [0.3, 0.4) is 0 Å². The summed E-state index contributed by atoms with van der Waals surface area (Å²) in [6.45, 7) is -0.318. The van der Waals surface area contributed by atoms with Gasteiger partial charge in [-0.2, -0.15) is 13.2 Å². The van der Waals surface area contributed by atoms with Gasteiger partial charge in [0, 0.05) is 6.42 Å². The van der Waals surface area contributed by atoms with Gasteiger partial charge >= 0.3 is 12.1 Å². The van der Waals surface area contributed by atoms with E-state index in [9.17, 15) is 22.8 Å². The molecule has 1 aromatic carbocycles. The molecule has 0 saturated carbocycles. The molecular weight excluding hydrogens is 303 g/mol. The van der Waals surface area contributed by atoms with E-state index < -0.39 is 29.7 Å². The normalized spacial score (nSPS) is 19.3. The maximum absolute atomic E-state index is 13.1. The number of halogens is 3. The molecule has 1 amide bonds. The molecule has 1 fully saturated rings. The number of carbonyl (C=O) groups excluding carboxylic acids is 1. The predicted octanol–water partition coefficient (Wildman–Crippen LogP) is 2.30. The maximum Gasteiger partial charge on any atom is 0.418 e. The molecular formula is C14H14F3NO4. The lowest BCUT2D eigenvalue weighted by Crippen LogP contribution is -2.50. The smallest absolute Gasteiger partial charge is 0.418 e. The molecule has 0 bridgehead atoms. The van der Waals surface area contributed by atoms with Crippen molar-refractivity contribution in [2.45, 2.75) is 25.1 Å². The second-order valence-electron chi connectivity index (χ2n) is 4.88. The number of alkyl halides is 3. The average molecular weight is 317 g/mol. The van der Waals surface area contributed by atoms with Crippen molar-refractivity contribution in [1.82, 2.24) is 0 Å². The molecule has 1 aliphatic heterocycles. The number of para-hydroxylation sites is 1. The lowest BCUT2D eigenvalue weighted by Gasteiger charge is -2.36. The summed E-state index contributed by atoms with van der Waals surface area (Å²) in [6.07, 6.45) is -4.84. The minimum atomic E-state index is -4.60. The van der Waals surface area contributed by atoms with Crippen LogP contribution in [-0.2, 0) is 20.5 Å². The van der Waals surface area contributed by atoms with E-state index >= 15 is 0 Å². The van der Waals surface area contributed by atoms with E-state index in [0.717, 1.165) is 11.0 Å². The van der Waals surface area contributed by atoms with Crippen LogP contribution in [0.5, 0.6) is 0 Å². The van der Waals surface area contributed by atoms with E-state index in [1.165, 1.54) is 18.2 Å². The molecule has 0 radical (unpaired) electrons. The van der Waals surface area contributed by atoms with E-state index in [1.807, 2.05) is 0 Å². The van der Waals surface area contributed by atoms with Crippen molar-refractivity contribution < 1.29 is 32.6 Å². The van der Waals surface area contributed by atoms with Crippen LogP contribution in [-0.4, -0.2) is 36.2 Å². The molecule has 1 unspecified atom stereocenters. The number of carbonyl (C=O) groups is 2. The molecule has 1 atom stereocenters. The van der Waals surface area contributed by atoms with Gasteiger partial charge in [0.1, 0.15) is 6.61 Å². The number of hydrogen-bond acceptors (Lipinski definition) is 3. The van der Waals surface area contributed by atoms with Gasteiger partial charge in [0.05, 0.1) is 23.9 Å². The number of hydrogen-bond donors (Lipinski definition) is 1. The highest BCUT2D eigenvalue weighted by Crippen LogP contribution is 2.38. The van der Waals surface area contributed by atoms with Crippen molar-refractivity contribution in [2.24, 2.45) is 0 Å². The summed E-state index contributed by atoms with van der Waals surface area (Å²) < 4.78 is 44.4. The monoisotopic (exact) mass is 317 g/mol. The minimum Gasteiger partial charge on any atom is -0.481 e. The maximum atomic E-state index is 13.1. The van der Waals surface area contributed by atoms with Gasteiger partial charge in [-0.3, -0.25) is 9.59 Å². The first kappa shape index (κ1) is 16.3. The van der Waals surface area contributed by atoms with Crippen LogP contribution in [0.15, 0.2) is 24.3 Å². The molecule has 1 N–H and O–H groups in total. The van der Waals surface area contributed by atoms with E-state index in [0.29, 0.717) is 0 Å². The van der Waals surface area contributed by atoms with Crippen molar-refractivity contribution in [1.29, 1.82) is 0 Å². The Morgan fingerprint density at radius 1 is 1.36 bits per heavy atom. The zero-order valence-electron chi connectivity index (χ0n) is 11.5. The number of anilines is 1. The van der Waals surface area contributed by atoms with Gasteiger partial charge in [-0.25, -0.2) is 0 Å². The first-order chi connectivity index (χ1) is 10.3. The summed E-state index contributed by atoms with van der Waals surface area (Å²) in [5.41, 5.74) is -1.19. The Kier molecular flexibility index (Phi) is 4.70. The van der Waals surface area contributed by atoms with Gasteiger partial charge in [-0.05, 0) is 18.6 Å². The Hall–Kier alpha value is -2.09. The summed E-state index contributed by atoms with van der Waals surface area (Å²) in [7, 11) is 0. The van der Waals surface area contributed by atoms with Crippen LogP contribution < -0.4 is 4.90 Å². The highest BCUT2D eigenvalue weighted by atomic mass is 19.4. The van der Waals surface area contributed by atoms with Crippen molar-refractivity contribution in [3.05, 3.63) is 29.8 Å². The number of carboxylic acids is 1. The molecule has 1 saturated heterocycles. The van der Waals surface area contributed by atoms with Crippen LogP contribution in [0.4, 0.5) is 18.9 Å². The van der Waals surface area contributed by atoms with Gasteiger partial charge in [-0.15, -0.1) is 0 Å². The first-order valence-corrected chi connectivity index (χ1v) is 6.58. The highest BCUT2D eigenvalue weighted by Gasteiger charge is 2.39. The van der Waals surface area contributed by atoms with Crippen LogP contribution in [0.2, 0.25) is 0 Å². The third kappa shape index (κ3) is 3.56. The number of carboxylic acid groups (broad SMARTS) is 1. The van der Waals surface area contributed by atoms with E-state index in [1.54, 1.807) is 0 Å². The predicted molar refractivity (Wildman–Crippen MR) is 70.4 cm³/mol. The minimum absolute atomic E-state index is 0.00517. The van der Waals surface area contributed by atoms with E-state index in [-0.39, 0.29) is 31.7 Å². The highest BCUT2D eigenvalue weighted by molar-refractivity contribution is 5.96. The van der Waals surface area contributed by atoms with E-state index in [4.69, 9.17) is 9.84 Å². The van der Waals surface area contributed by atoms with Crippen LogP contribution in [0, 0.1) is 0 Å². The van der Waals surface area contributed by atoms with Crippen molar-refractivity contribution in [3.8, 4) is 0 Å². The zero-order chi connectivity index (χ0) is 16.3. The lowest BCUT2D eigenvalue weighted by atomic mass is 10.0. The molecule has 0 aromatic heterocycles. The topological polar surface area (TPSA) is 66.8 Å². The summed E-state index contributed by atoms with van der Waals surface area (Å²) >= 11 is 0. The van der Waals surface area contributed by atoms with Gasteiger partial charge in [0.25, 0.3) is 5.91 Å². The fourth-order valence-corrected chi connectivity index (χ4v) is 2.39. The second kappa shape index (κ2) is 6.35. The van der Waals surface area contributed by atoms with Crippen molar-refractivity contribution >= 4 is 17.6 Å². The third-order valence-corrected chi connectivity index (χ3v) is 3.33.